The van der Waals surface area contributed by atoms with Crippen molar-refractivity contribution in [2.24, 2.45) is 5.41 Å². The highest BCUT2D eigenvalue weighted by molar-refractivity contribution is 5.76. The van der Waals surface area contributed by atoms with E-state index in [1.165, 1.54) is 0 Å². The molecule has 3 heteroatoms. The van der Waals surface area contributed by atoms with E-state index in [0.717, 1.165) is 36.1 Å². The minimum atomic E-state index is -0.652. The first-order valence-electron chi connectivity index (χ1n) is 6.89. The molecule has 0 unspecified atom stereocenters. The van der Waals surface area contributed by atoms with Gasteiger partial charge < -0.3 is 9.84 Å². The van der Waals surface area contributed by atoms with E-state index in [9.17, 15) is 9.90 Å². The Morgan fingerprint density at radius 1 is 1.42 bits per heavy atom. The first kappa shape index (κ1) is 13.9. The lowest BCUT2D eigenvalue weighted by molar-refractivity contribution is -0.154. The van der Waals surface area contributed by atoms with Crippen molar-refractivity contribution in [2.45, 2.75) is 45.4 Å². The van der Waals surface area contributed by atoms with E-state index in [1.54, 1.807) is 7.11 Å². The van der Waals surface area contributed by atoms with Crippen molar-refractivity contribution >= 4 is 5.97 Å². The van der Waals surface area contributed by atoms with Gasteiger partial charge >= 0.3 is 5.97 Å². The van der Waals surface area contributed by atoms with Crippen LogP contribution in [-0.2, 0) is 11.2 Å². The molecule has 0 heterocycles. The number of hydrogen-bond acceptors (Lipinski definition) is 2. The monoisotopic (exact) mass is 262 g/mol. The number of aliphatic carboxylic acids is 1. The lowest BCUT2D eigenvalue weighted by atomic mass is 9.65. The van der Waals surface area contributed by atoms with Crippen molar-refractivity contribution in [3.05, 3.63) is 29.3 Å². The van der Waals surface area contributed by atoms with Crippen molar-refractivity contribution in [1.29, 1.82) is 0 Å². The van der Waals surface area contributed by atoms with Gasteiger partial charge in [0.05, 0.1) is 12.5 Å². The van der Waals surface area contributed by atoms with Gasteiger partial charge in [0.2, 0.25) is 0 Å². The number of carboxylic acid groups (broad SMARTS) is 1. The second-order valence-corrected chi connectivity index (χ2v) is 5.85. The molecule has 0 aromatic heterocycles. The van der Waals surface area contributed by atoms with Crippen LogP contribution in [0.3, 0.4) is 0 Å². The summed E-state index contributed by atoms with van der Waals surface area (Å²) in [7, 11) is 1.67. The molecule has 1 saturated carbocycles. The Hall–Kier alpha value is -1.51. The SMILES string of the molecule is COc1ccc(CC2(C(=O)O)CCC2)cc1C(C)C. The Bertz CT molecular complexity index is 473. The number of benzene rings is 1. The standard InChI is InChI=1S/C16H22O3/c1-11(2)13-9-12(5-6-14(13)19-3)10-16(15(17)18)7-4-8-16/h5-6,9,11H,4,7-8,10H2,1-3H3,(H,17,18). The summed E-state index contributed by atoms with van der Waals surface area (Å²) in [5, 5.41) is 9.40. The summed E-state index contributed by atoms with van der Waals surface area (Å²) in [6, 6.07) is 6.05. The van der Waals surface area contributed by atoms with E-state index >= 15 is 0 Å². The van der Waals surface area contributed by atoms with Crippen LogP contribution in [0.1, 0.15) is 50.2 Å². The lowest BCUT2D eigenvalue weighted by Gasteiger charge is -2.38. The summed E-state index contributed by atoms with van der Waals surface area (Å²) in [5.74, 6) is 0.606. The molecule has 3 nitrogen and oxygen atoms in total. The third-order valence-corrected chi connectivity index (χ3v) is 4.22. The maximum Gasteiger partial charge on any atom is 0.309 e. The van der Waals surface area contributed by atoms with Gasteiger partial charge in [0.1, 0.15) is 5.75 Å². The van der Waals surface area contributed by atoms with E-state index in [4.69, 9.17) is 4.74 Å². The molecule has 1 fully saturated rings. The van der Waals surface area contributed by atoms with Gasteiger partial charge in [-0.2, -0.15) is 0 Å². The zero-order valence-electron chi connectivity index (χ0n) is 11.9. The quantitative estimate of drug-likeness (QED) is 0.881. The maximum absolute atomic E-state index is 11.4. The van der Waals surface area contributed by atoms with Crippen LogP contribution in [0.2, 0.25) is 0 Å². The van der Waals surface area contributed by atoms with E-state index in [2.05, 4.69) is 19.9 Å². The average Bonchev–Trinajstić information content (AvgIpc) is 2.33. The number of hydrogen-bond donors (Lipinski definition) is 1. The van der Waals surface area contributed by atoms with E-state index in [1.807, 2.05) is 12.1 Å². The zero-order chi connectivity index (χ0) is 14.0. The van der Waals surface area contributed by atoms with Gasteiger partial charge in [-0.15, -0.1) is 0 Å². The molecule has 0 bridgehead atoms. The van der Waals surface area contributed by atoms with Gasteiger partial charge in [0.25, 0.3) is 0 Å². The lowest BCUT2D eigenvalue weighted by Crippen LogP contribution is -2.39. The Morgan fingerprint density at radius 3 is 2.53 bits per heavy atom. The summed E-state index contributed by atoms with van der Waals surface area (Å²) in [6.07, 6.45) is 3.25. The highest BCUT2D eigenvalue weighted by Crippen LogP contribution is 2.44. The van der Waals surface area contributed by atoms with Crippen molar-refractivity contribution < 1.29 is 14.6 Å². The van der Waals surface area contributed by atoms with Crippen LogP contribution in [0.4, 0.5) is 0 Å². The molecule has 19 heavy (non-hydrogen) atoms. The van der Waals surface area contributed by atoms with Gasteiger partial charge in [-0.1, -0.05) is 32.4 Å². The fourth-order valence-corrected chi connectivity index (χ4v) is 2.81. The normalized spacial score (nSPS) is 17.1. The highest BCUT2D eigenvalue weighted by atomic mass is 16.5. The fraction of sp³-hybridized carbons (Fsp3) is 0.562. The molecular formula is C16H22O3. The van der Waals surface area contributed by atoms with Crippen molar-refractivity contribution in [1.82, 2.24) is 0 Å². The first-order valence-corrected chi connectivity index (χ1v) is 6.89. The third-order valence-electron chi connectivity index (χ3n) is 4.22. The topological polar surface area (TPSA) is 46.5 Å². The molecular weight excluding hydrogens is 240 g/mol. The molecule has 0 aliphatic heterocycles. The predicted octanol–water partition coefficient (Wildman–Crippen LogP) is 3.62. The highest BCUT2D eigenvalue weighted by Gasteiger charge is 2.44. The number of carboxylic acids is 1. The molecule has 0 radical (unpaired) electrons. The zero-order valence-corrected chi connectivity index (χ0v) is 11.9. The molecule has 1 N–H and O–H groups in total. The van der Waals surface area contributed by atoms with Gasteiger partial charge in [0, 0.05) is 0 Å². The largest absolute Gasteiger partial charge is 0.496 e. The van der Waals surface area contributed by atoms with Gasteiger partial charge in [-0.3, -0.25) is 4.79 Å². The Morgan fingerprint density at radius 2 is 2.11 bits per heavy atom. The Kier molecular flexibility index (Phi) is 3.83. The number of ether oxygens (including phenoxy) is 1. The van der Waals surface area contributed by atoms with Crippen LogP contribution in [-0.4, -0.2) is 18.2 Å². The molecule has 1 aliphatic carbocycles. The van der Waals surface area contributed by atoms with Crippen LogP contribution in [0.5, 0.6) is 5.75 Å². The fourth-order valence-electron chi connectivity index (χ4n) is 2.81. The van der Waals surface area contributed by atoms with E-state index in [-0.39, 0.29) is 0 Å². The molecule has 1 aliphatic rings. The second-order valence-electron chi connectivity index (χ2n) is 5.85. The number of carbonyl (C=O) groups is 1. The number of methoxy groups -OCH3 is 1. The van der Waals surface area contributed by atoms with Gasteiger partial charge in [0.15, 0.2) is 0 Å². The third kappa shape index (κ3) is 2.60. The van der Waals surface area contributed by atoms with Crippen molar-refractivity contribution in [2.75, 3.05) is 7.11 Å². The predicted molar refractivity (Wildman–Crippen MR) is 74.7 cm³/mol. The summed E-state index contributed by atoms with van der Waals surface area (Å²) >= 11 is 0. The van der Waals surface area contributed by atoms with Crippen LogP contribution < -0.4 is 4.74 Å². The Labute approximate surface area is 114 Å². The smallest absolute Gasteiger partial charge is 0.309 e. The molecule has 0 atom stereocenters. The van der Waals surface area contributed by atoms with Crippen LogP contribution >= 0.6 is 0 Å². The molecule has 104 valence electrons. The molecule has 0 spiro atoms. The van der Waals surface area contributed by atoms with E-state index in [0.29, 0.717) is 12.3 Å². The number of rotatable bonds is 5. The Balaban J connectivity index is 2.26. The van der Waals surface area contributed by atoms with Crippen LogP contribution in [0.25, 0.3) is 0 Å². The second kappa shape index (κ2) is 5.24. The minimum absolute atomic E-state index is 0.372. The summed E-state index contributed by atoms with van der Waals surface area (Å²) < 4.78 is 5.36. The summed E-state index contributed by atoms with van der Waals surface area (Å²) in [6.45, 7) is 4.25. The summed E-state index contributed by atoms with van der Waals surface area (Å²) in [4.78, 5) is 11.4. The van der Waals surface area contributed by atoms with Crippen LogP contribution in [0.15, 0.2) is 18.2 Å². The van der Waals surface area contributed by atoms with E-state index < -0.39 is 11.4 Å². The average molecular weight is 262 g/mol. The molecule has 1 aromatic carbocycles. The van der Waals surface area contributed by atoms with Crippen molar-refractivity contribution in [3.63, 3.8) is 0 Å². The van der Waals surface area contributed by atoms with Gasteiger partial charge in [-0.25, -0.2) is 0 Å². The minimum Gasteiger partial charge on any atom is -0.496 e. The van der Waals surface area contributed by atoms with Crippen molar-refractivity contribution in [3.8, 4) is 5.75 Å². The molecule has 1 aromatic rings. The molecule has 0 amide bonds. The first-order chi connectivity index (χ1) is 8.98. The molecule has 2 rings (SSSR count). The molecule has 0 saturated heterocycles. The summed E-state index contributed by atoms with van der Waals surface area (Å²) in [5.41, 5.74) is 1.73. The van der Waals surface area contributed by atoms with Crippen LogP contribution in [0, 0.1) is 5.41 Å². The van der Waals surface area contributed by atoms with Gasteiger partial charge in [-0.05, 0) is 42.4 Å². The maximum atomic E-state index is 11.4.